The number of nitrogens with one attached hydrogen (secondary N) is 2. The van der Waals surface area contributed by atoms with Crippen molar-refractivity contribution in [1.29, 1.82) is 0 Å². The van der Waals surface area contributed by atoms with E-state index in [9.17, 15) is 0 Å². The average molecular weight is 253 g/mol. The minimum absolute atomic E-state index is 0.542. The molecule has 92 valence electrons. The molecule has 0 fully saturated rings. The summed E-state index contributed by atoms with van der Waals surface area (Å²) < 4.78 is 0. The Morgan fingerprint density at radius 2 is 2.29 bits per heavy atom. The van der Waals surface area contributed by atoms with E-state index in [1.165, 1.54) is 0 Å². The van der Waals surface area contributed by atoms with Gasteiger partial charge in [0.2, 0.25) is 0 Å². The number of anilines is 1. The van der Waals surface area contributed by atoms with Gasteiger partial charge in [-0.1, -0.05) is 23.9 Å². The summed E-state index contributed by atoms with van der Waals surface area (Å²) >= 11 is 1.62. The van der Waals surface area contributed by atoms with Crippen molar-refractivity contribution in [1.82, 2.24) is 25.4 Å². The number of rotatable bonds is 6. The number of aromatic nitrogens is 5. The second-order valence-corrected chi connectivity index (χ2v) is 4.49. The first kappa shape index (κ1) is 12.1. The highest BCUT2D eigenvalue weighted by atomic mass is 32.2. The molecule has 7 nitrogen and oxygen atoms in total. The van der Waals surface area contributed by atoms with Crippen molar-refractivity contribution in [2.24, 2.45) is 5.73 Å². The maximum absolute atomic E-state index is 5.46. The number of hydrogen-bond acceptors (Lipinski definition) is 7. The second kappa shape index (κ2) is 5.78. The molecular formula is C9H15N7S. The molecule has 2 rings (SSSR count). The van der Waals surface area contributed by atoms with Crippen molar-refractivity contribution in [3.8, 4) is 0 Å². The molecule has 2 aromatic rings. The van der Waals surface area contributed by atoms with E-state index in [2.05, 4.69) is 37.6 Å². The summed E-state index contributed by atoms with van der Waals surface area (Å²) in [5, 5.41) is 14.3. The minimum Gasteiger partial charge on any atom is -0.367 e. The number of H-pyrrole nitrogens is 1. The molecule has 0 aliphatic heterocycles. The van der Waals surface area contributed by atoms with E-state index >= 15 is 0 Å². The van der Waals surface area contributed by atoms with E-state index in [4.69, 9.17) is 5.73 Å². The minimum atomic E-state index is 0.542. The van der Waals surface area contributed by atoms with Gasteiger partial charge in [-0.3, -0.25) is 0 Å². The lowest BCUT2D eigenvalue weighted by Gasteiger charge is -2.05. The molecule has 0 atom stereocenters. The Labute approximate surface area is 103 Å². The summed E-state index contributed by atoms with van der Waals surface area (Å²) in [6.45, 7) is 3.31. The van der Waals surface area contributed by atoms with Crippen molar-refractivity contribution < 1.29 is 0 Å². The molecule has 0 unspecified atom stereocenters. The van der Waals surface area contributed by atoms with Crippen molar-refractivity contribution in [3.05, 3.63) is 0 Å². The molecule has 0 saturated carbocycles. The SMILES string of the molecule is CCCSc1nc(NCCN)c2nn[nH]c2n1. The number of fused-ring (bicyclic) bond motifs is 1. The molecule has 8 heteroatoms. The van der Waals surface area contributed by atoms with Crippen LogP contribution in [0.5, 0.6) is 0 Å². The molecule has 0 radical (unpaired) electrons. The van der Waals surface area contributed by atoms with Crippen LogP contribution in [-0.4, -0.2) is 44.2 Å². The molecule has 0 saturated heterocycles. The summed E-state index contributed by atoms with van der Waals surface area (Å²) in [5.74, 6) is 1.68. The Morgan fingerprint density at radius 1 is 1.41 bits per heavy atom. The maximum atomic E-state index is 5.46. The van der Waals surface area contributed by atoms with Gasteiger partial charge in [0.1, 0.15) is 0 Å². The summed E-state index contributed by atoms with van der Waals surface area (Å²) in [6, 6.07) is 0. The van der Waals surface area contributed by atoms with Gasteiger partial charge in [0.05, 0.1) is 0 Å². The molecule has 0 aliphatic carbocycles. The van der Waals surface area contributed by atoms with Gasteiger partial charge in [-0.25, -0.2) is 15.1 Å². The molecule has 4 N–H and O–H groups in total. The van der Waals surface area contributed by atoms with Gasteiger partial charge in [0.25, 0.3) is 0 Å². The largest absolute Gasteiger partial charge is 0.367 e. The van der Waals surface area contributed by atoms with E-state index < -0.39 is 0 Å². The van der Waals surface area contributed by atoms with E-state index in [1.807, 2.05) is 0 Å². The zero-order chi connectivity index (χ0) is 12.1. The highest BCUT2D eigenvalue weighted by Crippen LogP contribution is 2.21. The van der Waals surface area contributed by atoms with Crippen molar-refractivity contribution in [3.63, 3.8) is 0 Å². The summed E-state index contributed by atoms with van der Waals surface area (Å²) in [7, 11) is 0. The van der Waals surface area contributed by atoms with Crippen LogP contribution >= 0.6 is 11.8 Å². The Hall–Kier alpha value is -1.41. The fraction of sp³-hybridized carbons (Fsp3) is 0.556. The monoisotopic (exact) mass is 253 g/mol. The lowest BCUT2D eigenvalue weighted by molar-refractivity contribution is 0.943. The van der Waals surface area contributed by atoms with Crippen molar-refractivity contribution >= 4 is 28.7 Å². The molecule has 0 aliphatic rings. The Morgan fingerprint density at radius 3 is 3.06 bits per heavy atom. The van der Waals surface area contributed by atoms with Crippen LogP contribution in [0.25, 0.3) is 11.2 Å². The lowest BCUT2D eigenvalue weighted by Crippen LogP contribution is -2.14. The van der Waals surface area contributed by atoms with Crippen LogP contribution in [-0.2, 0) is 0 Å². The van der Waals surface area contributed by atoms with Gasteiger partial charge in [-0.05, 0) is 6.42 Å². The summed E-state index contributed by atoms with van der Waals surface area (Å²) in [5.41, 5.74) is 6.76. The number of nitrogens with two attached hydrogens (primary N) is 1. The van der Waals surface area contributed by atoms with Crippen LogP contribution in [0.15, 0.2) is 5.16 Å². The summed E-state index contributed by atoms with van der Waals surface area (Å²) in [4.78, 5) is 8.75. The van der Waals surface area contributed by atoms with Crippen LogP contribution in [0.4, 0.5) is 5.82 Å². The molecule has 0 amide bonds. The van der Waals surface area contributed by atoms with Gasteiger partial charge < -0.3 is 11.1 Å². The fourth-order valence-electron chi connectivity index (χ4n) is 1.30. The molecule has 0 aromatic carbocycles. The van der Waals surface area contributed by atoms with Gasteiger partial charge in [-0.15, -0.1) is 5.10 Å². The molecule has 0 spiro atoms. The highest BCUT2D eigenvalue weighted by Gasteiger charge is 2.10. The lowest BCUT2D eigenvalue weighted by atomic mass is 10.5. The first-order valence-corrected chi connectivity index (χ1v) is 6.49. The van der Waals surface area contributed by atoms with Crippen LogP contribution in [0.1, 0.15) is 13.3 Å². The van der Waals surface area contributed by atoms with Gasteiger partial charge >= 0.3 is 0 Å². The van der Waals surface area contributed by atoms with Gasteiger partial charge in [-0.2, -0.15) is 0 Å². The number of thioether (sulfide) groups is 1. The smallest absolute Gasteiger partial charge is 0.191 e. The van der Waals surface area contributed by atoms with E-state index in [0.717, 1.165) is 17.3 Å². The third-order valence-electron chi connectivity index (χ3n) is 2.04. The standard InChI is InChI=1S/C9H15N7S/c1-2-5-17-9-12-7(11-4-3-10)6-8(13-9)15-16-14-6/h2-5,10H2,1H3,(H2,11,12,13,14,15,16). The second-order valence-electron chi connectivity index (χ2n) is 3.43. The molecule has 17 heavy (non-hydrogen) atoms. The number of hydrogen-bond donors (Lipinski definition) is 3. The molecular weight excluding hydrogens is 238 g/mol. The van der Waals surface area contributed by atoms with E-state index in [-0.39, 0.29) is 0 Å². The molecule has 2 heterocycles. The van der Waals surface area contributed by atoms with Gasteiger partial charge in [0.15, 0.2) is 22.1 Å². The Kier molecular flexibility index (Phi) is 4.10. The van der Waals surface area contributed by atoms with Gasteiger partial charge in [0, 0.05) is 18.8 Å². The van der Waals surface area contributed by atoms with Crippen molar-refractivity contribution in [2.45, 2.75) is 18.5 Å². The van der Waals surface area contributed by atoms with Crippen LogP contribution in [0, 0.1) is 0 Å². The Bertz CT molecular complexity index is 483. The first-order valence-electron chi connectivity index (χ1n) is 5.50. The topological polar surface area (TPSA) is 105 Å². The highest BCUT2D eigenvalue weighted by molar-refractivity contribution is 7.99. The van der Waals surface area contributed by atoms with Crippen LogP contribution in [0.2, 0.25) is 0 Å². The zero-order valence-electron chi connectivity index (χ0n) is 9.60. The maximum Gasteiger partial charge on any atom is 0.191 e. The fourth-order valence-corrected chi connectivity index (χ4v) is 2.00. The Balaban J connectivity index is 2.29. The van der Waals surface area contributed by atoms with E-state index in [0.29, 0.717) is 30.1 Å². The predicted octanol–water partition coefficient (Wildman–Crippen LogP) is 0.621. The molecule has 0 bridgehead atoms. The summed E-state index contributed by atoms with van der Waals surface area (Å²) in [6.07, 6.45) is 1.08. The number of nitrogens with zero attached hydrogens (tertiary/aromatic N) is 4. The molecule has 2 aromatic heterocycles. The zero-order valence-corrected chi connectivity index (χ0v) is 10.4. The van der Waals surface area contributed by atoms with Crippen LogP contribution in [0.3, 0.4) is 0 Å². The number of aromatic amines is 1. The van der Waals surface area contributed by atoms with E-state index in [1.54, 1.807) is 11.8 Å². The van der Waals surface area contributed by atoms with Crippen LogP contribution < -0.4 is 11.1 Å². The average Bonchev–Trinajstić information content (AvgIpc) is 2.81. The first-order chi connectivity index (χ1) is 8.35. The predicted molar refractivity (Wildman–Crippen MR) is 68.0 cm³/mol. The third kappa shape index (κ3) is 2.83. The normalized spacial score (nSPS) is 10.9. The quantitative estimate of drug-likeness (QED) is 0.512. The third-order valence-corrected chi connectivity index (χ3v) is 3.09. The van der Waals surface area contributed by atoms with Crippen molar-refractivity contribution in [2.75, 3.05) is 24.2 Å².